The van der Waals surface area contributed by atoms with Gasteiger partial charge >= 0.3 is 6.18 Å². The smallest absolute Gasteiger partial charge is 0.376 e. The van der Waals surface area contributed by atoms with Crippen molar-refractivity contribution in [2.45, 2.75) is 24.9 Å². The Morgan fingerprint density at radius 2 is 2.03 bits per heavy atom. The predicted octanol–water partition coefficient (Wildman–Crippen LogP) is 4.40. The van der Waals surface area contributed by atoms with Crippen LogP contribution in [0.3, 0.4) is 0 Å². The highest BCUT2D eigenvalue weighted by molar-refractivity contribution is 5.81. The molecule has 1 amide bonds. The van der Waals surface area contributed by atoms with E-state index in [1.54, 1.807) is 4.90 Å². The number of carbonyl (C=O) groups is 1. The molecule has 1 saturated heterocycles. The lowest BCUT2D eigenvalue weighted by Gasteiger charge is -2.32. The summed E-state index contributed by atoms with van der Waals surface area (Å²) in [5, 5.41) is 2.82. The maximum atomic E-state index is 12.8. The van der Waals surface area contributed by atoms with E-state index in [4.69, 9.17) is 0 Å². The van der Waals surface area contributed by atoms with Crippen molar-refractivity contribution in [2.24, 2.45) is 0 Å². The summed E-state index contributed by atoms with van der Waals surface area (Å²) < 4.78 is 38.5. The molecular formula is C21H21F3N4O. The van der Waals surface area contributed by atoms with E-state index in [-0.39, 0.29) is 24.1 Å². The Hall–Kier alpha value is -3.03. The number of rotatable bonds is 4. The lowest BCUT2D eigenvalue weighted by atomic mass is 9.97. The zero-order valence-corrected chi connectivity index (χ0v) is 15.7. The predicted molar refractivity (Wildman–Crippen MR) is 105 cm³/mol. The summed E-state index contributed by atoms with van der Waals surface area (Å²) in [4.78, 5) is 22.3. The van der Waals surface area contributed by atoms with Crippen LogP contribution in [0, 0.1) is 0 Å². The standard InChI is InChI=1S/C21H21F3N4O/c22-21(23,24)15-6-3-7-16(11-15)25-12-19(29)28-10-4-5-14(13-28)20-26-17-8-1-2-9-18(17)27-20/h1-3,6-9,11,14,25H,4-5,10,12-13H2,(H,26,27). The van der Waals surface area contributed by atoms with Crippen molar-refractivity contribution >= 4 is 22.6 Å². The van der Waals surface area contributed by atoms with Crippen LogP contribution in [0.25, 0.3) is 11.0 Å². The van der Waals surface area contributed by atoms with Gasteiger partial charge in [0.25, 0.3) is 0 Å². The van der Waals surface area contributed by atoms with Crippen LogP contribution in [0.1, 0.15) is 30.1 Å². The Balaban J connectivity index is 1.39. The van der Waals surface area contributed by atoms with Crippen molar-refractivity contribution in [3.05, 3.63) is 59.9 Å². The third-order valence-electron chi connectivity index (χ3n) is 5.20. The minimum absolute atomic E-state index is 0.0475. The molecule has 0 bridgehead atoms. The number of piperidine rings is 1. The Kier molecular flexibility index (Phi) is 5.17. The first kappa shape index (κ1) is 19.3. The van der Waals surface area contributed by atoms with Gasteiger partial charge in [0, 0.05) is 24.7 Å². The van der Waals surface area contributed by atoms with Crippen molar-refractivity contribution in [1.82, 2.24) is 14.9 Å². The molecule has 2 heterocycles. The Bertz CT molecular complexity index is 981. The number of fused-ring (bicyclic) bond motifs is 1. The topological polar surface area (TPSA) is 61.0 Å². The molecule has 0 saturated carbocycles. The van der Waals surface area contributed by atoms with E-state index in [1.807, 2.05) is 24.3 Å². The van der Waals surface area contributed by atoms with Crippen LogP contribution in [0.2, 0.25) is 0 Å². The number of nitrogens with zero attached hydrogens (tertiary/aromatic N) is 2. The molecule has 2 N–H and O–H groups in total. The molecular weight excluding hydrogens is 381 g/mol. The van der Waals surface area contributed by atoms with Crippen molar-refractivity contribution < 1.29 is 18.0 Å². The summed E-state index contributed by atoms with van der Waals surface area (Å²) >= 11 is 0. The molecule has 4 rings (SSSR count). The quantitative estimate of drug-likeness (QED) is 0.680. The molecule has 152 valence electrons. The number of amides is 1. The Morgan fingerprint density at radius 1 is 1.21 bits per heavy atom. The molecule has 0 spiro atoms. The number of anilines is 1. The van der Waals surface area contributed by atoms with Crippen molar-refractivity contribution in [2.75, 3.05) is 25.0 Å². The minimum Gasteiger partial charge on any atom is -0.376 e. The number of imidazole rings is 1. The largest absolute Gasteiger partial charge is 0.416 e. The van der Waals surface area contributed by atoms with Crippen molar-refractivity contribution in [3.63, 3.8) is 0 Å². The molecule has 2 aromatic carbocycles. The normalized spacial score (nSPS) is 17.5. The minimum atomic E-state index is -4.41. The summed E-state index contributed by atoms with van der Waals surface area (Å²) in [6.45, 7) is 1.14. The van der Waals surface area contributed by atoms with E-state index in [2.05, 4.69) is 15.3 Å². The van der Waals surface area contributed by atoms with Crippen LogP contribution in [-0.2, 0) is 11.0 Å². The number of nitrogens with one attached hydrogen (secondary N) is 2. The Morgan fingerprint density at radius 3 is 2.83 bits per heavy atom. The highest BCUT2D eigenvalue weighted by Gasteiger charge is 2.30. The highest BCUT2D eigenvalue weighted by atomic mass is 19.4. The molecule has 1 aliphatic rings. The van der Waals surface area contributed by atoms with Gasteiger partial charge in [-0.3, -0.25) is 4.79 Å². The van der Waals surface area contributed by atoms with Gasteiger partial charge < -0.3 is 15.2 Å². The number of halogens is 3. The fraction of sp³-hybridized carbons (Fsp3) is 0.333. The molecule has 1 aliphatic heterocycles. The zero-order valence-electron chi connectivity index (χ0n) is 15.7. The molecule has 1 fully saturated rings. The van der Waals surface area contributed by atoms with E-state index in [9.17, 15) is 18.0 Å². The van der Waals surface area contributed by atoms with E-state index in [0.717, 1.165) is 41.8 Å². The molecule has 0 aliphatic carbocycles. The average Bonchev–Trinajstić information content (AvgIpc) is 3.16. The molecule has 8 heteroatoms. The van der Waals surface area contributed by atoms with Gasteiger partial charge in [-0.25, -0.2) is 4.98 Å². The first-order chi connectivity index (χ1) is 13.9. The fourth-order valence-corrected chi connectivity index (χ4v) is 3.69. The second kappa shape index (κ2) is 7.77. The number of aromatic amines is 1. The van der Waals surface area contributed by atoms with Crippen LogP contribution >= 0.6 is 0 Å². The van der Waals surface area contributed by atoms with Gasteiger partial charge in [0.05, 0.1) is 23.1 Å². The third-order valence-corrected chi connectivity index (χ3v) is 5.20. The maximum absolute atomic E-state index is 12.8. The first-order valence-corrected chi connectivity index (χ1v) is 9.54. The first-order valence-electron chi connectivity index (χ1n) is 9.54. The molecule has 3 aromatic rings. The number of hydrogen-bond acceptors (Lipinski definition) is 3. The van der Waals surface area contributed by atoms with Crippen LogP contribution in [0.15, 0.2) is 48.5 Å². The molecule has 1 unspecified atom stereocenters. The SMILES string of the molecule is O=C(CNc1cccc(C(F)(F)F)c1)N1CCCC(c2nc3ccccc3[nH]2)C1. The highest BCUT2D eigenvalue weighted by Crippen LogP contribution is 2.31. The molecule has 1 aromatic heterocycles. The second-order valence-electron chi connectivity index (χ2n) is 7.25. The summed E-state index contributed by atoms with van der Waals surface area (Å²) in [6.07, 6.45) is -2.62. The van der Waals surface area contributed by atoms with Gasteiger partial charge in [-0.1, -0.05) is 18.2 Å². The van der Waals surface area contributed by atoms with Gasteiger partial charge in [-0.2, -0.15) is 13.2 Å². The maximum Gasteiger partial charge on any atom is 0.416 e. The summed E-state index contributed by atoms with van der Waals surface area (Å²) in [6, 6.07) is 12.7. The summed E-state index contributed by atoms with van der Waals surface area (Å²) in [5.74, 6) is 0.853. The second-order valence-corrected chi connectivity index (χ2v) is 7.25. The number of H-pyrrole nitrogens is 1. The van der Waals surface area contributed by atoms with Crippen LogP contribution in [0.4, 0.5) is 18.9 Å². The van der Waals surface area contributed by atoms with E-state index in [1.165, 1.54) is 12.1 Å². The number of para-hydroxylation sites is 2. The van der Waals surface area contributed by atoms with Gasteiger partial charge in [-0.05, 0) is 43.2 Å². The van der Waals surface area contributed by atoms with Crippen LogP contribution in [0.5, 0.6) is 0 Å². The molecule has 5 nitrogen and oxygen atoms in total. The van der Waals surface area contributed by atoms with Gasteiger partial charge in [-0.15, -0.1) is 0 Å². The lowest BCUT2D eigenvalue weighted by molar-refractivity contribution is -0.137. The average molecular weight is 402 g/mol. The van der Waals surface area contributed by atoms with Gasteiger partial charge in [0.1, 0.15) is 5.82 Å². The molecule has 1 atom stereocenters. The molecule has 29 heavy (non-hydrogen) atoms. The monoisotopic (exact) mass is 402 g/mol. The van der Waals surface area contributed by atoms with Crippen LogP contribution < -0.4 is 5.32 Å². The van der Waals surface area contributed by atoms with Gasteiger partial charge in [0.2, 0.25) is 5.91 Å². The molecule has 0 radical (unpaired) electrons. The number of benzene rings is 2. The Labute approximate surface area is 165 Å². The lowest BCUT2D eigenvalue weighted by Crippen LogP contribution is -2.42. The number of likely N-dealkylation sites (tertiary alicyclic amines) is 1. The van der Waals surface area contributed by atoms with Gasteiger partial charge in [0.15, 0.2) is 0 Å². The summed E-state index contributed by atoms with van der Waals surface area (Å²) in [5.41, 5.74) is 1.41. The van der Waals surface area contributed by atoms with Crippen molar-refractivity contribution in [1.29, 1.82) is 0 Å². The van der Waals surface area contributed by atoms with Crippen molar-refractivity contribution in [3.8, 4) is 0 Å². The third kappa shape index (κ3) is 4.36. The summed E-state index contributed by atoms with van der Waals surface area (Å²) in [7, 11) is 0. The fourth-order valence-electron chi connectivity index (χ4n) is 3.69. The zero-order chi connectivity index (χ0) is 20.4. The van der Waals surface area contributed by atoms with E-state index >= 15 is 0 Å². The van der Waals surface area contributed by atoms with E-state index < -0.39 is 11.7 Å². The number of carbonyl (C=O) groups excluding carboxylic acids is 1. The van der Waals surface area contributed by atoms with Crippen LogP contribution in [-0.4, -0.2) is 40.4 Å². The number of alkyl halides is 3. The number of hydrogen-bond donors (Lipinski definition) is 2. The van der Waals surface area contributed by atoms with E-state index in [0.29, 0.717) is 13.1 Å². The number of aromatic nitrogens is 2.